The number of hydrogen-bond donors (Lipinski definition) is 5. The van der Waals surface area contributed by atoms with Crippen molar-refractivity contribution in [3.8, 4) is 0 Å². The molecule has 21 heavy (non-hydrogen) atoms. The summed E-state index contributed by atoms with van der Waals surface area (Å²) in [7, 11) is 0. The summed E-state index contributed by atoms with van der Waals surface area (Å²) in [5, 5.41) is 47.8. The second-order valence-electron chi connectivity index (χ2n) is 5.98. The zero-order chi connectivity index (χ0) is 16.0. The molecule has 0 amide bonds. The minimum Gasteiger partial charge on any atom is -0.394 e. The van der Waals surface area contributed by atoms with Crippen molar-refractivity contribution < 1.29 is 35.0 Å². The average Bonchev–Trinajstić information content (AvgIpc) is 2.45. The molecule has 1 fully saturated rings. The molecule has 0 spiro atoms. The predicted molar refractivity (Wildman–Crippen MR) is 74.4 cm³/mol. The number of hydrogen-bond acceptors (Lipinski definition) is 7. The van der Waals surface area contributed by atoms with Crippen LogP contribution in [0.5, 0.6) is 0 Å². The standard InChI is InChI=1S/C14H28O7/c1-8(2)3-4-9(16)5-6-20-14-13(19)12(18)11(17)10(7-15)21-14/h8-19H,3-7H2,1-2H3/t9?,10-,11-,12+,13-,14-/m1/s1. The number of rotatable bonds is 8. The molecule has 7 heteroatoms. The van der Waals surface area contributed by atoms with Crippen molar-refractivity contribution in [2.75, 3.05) is 13.2 Å². The van der Waals surface area contributed by atoms with E-state index < -0.39 is 43.4 Å². The van der Waals surface area contributed by atoms with Crippen LogP contribution in [0.25, 0.3) is 0 Å². The highest BCUT2D eigenvalue weighted by Gasteiger charge is 2.43. The largest absolute Gasteiger partial charge is 0.394 e. The monoisotopic (exact) mass is 308 g/mol. The second kappa shape index (κ2) is 8.99. The van der Waals surface area contributed by atoms with E-state index in [4.69, 9.17) is 14.6 Å². The van der Waals surface area contributed by atoms with E-state index in [-0.39, 0.29) is 6.61 Å². The highest BCUT2D eigenvalue weighted by molar-refractivity contribution is 4.88. The van der Waals surface area contributed by atoms with Crippen LogP contribution in [0.3, 0.4) is 0 Å². The Morgan fingerprint density at radius 2 is 1.67 bits per heavy atom. The minimum absolute atomic E-state index is 0.155. The summed E-state index contributed by atoms with van der Waals surface area (Å²) in [6.45, 7) is 3.83. The molecule has 0 aromatic carbocycles. The van der Waals surface area contributed by atoms with Crippen LogP contribution in [0.2, 0.25) is 0 Å². The summed E-state index contributed by atoms with van der Waals surface area (Å²) in [6, 6.07) is 0. The van der Waals surface area contributed by atoms with E-state index >= 15 is 0 Å². The van der Waals surface area contributed by atoms with Crippen molar-refractivity contribution in [1.82, 2.24) is 0 Å². The molecule has 1 saturated heterocycles. The summed E-state index contributed by atoms with van der Waals surface area (Å²) in [5.74, 6) is 0.519. The number of aliphatic hydroxyl groups is 5. The summed E-state index contributed by atoms with van der Waals surface area (Å²) in [6.07, 6.45) is -4.82. The van der Waals surface area contributed by atoms with E-state index in [1.807, 2.05) is 0 Å². The molecule has 1 aliphatic heterocycles. The highest BCUT2D eigenvalue weighted by atomic mass is 16.7. The third-order valence-electron chi connectivity index (χ3n) is 3.66. The van der Waals surface area contributed by atoms with Gasteiger partial charge in [0.2, 0.25) is 0 Å². The van der Waals surface area contributed by atoms with Gasteiger partial charge in [-0.25, -0.2) is 0 Å². The topological polar surface area (TPSA) is 120 Å². The molecule has 5 N–H and O–H groups in total. The quantitative estimate of drug-likeness (QED) is 0.390. The molecule has 1 unspecified atom stereocenters. The maximum Gasteiger partial charge on any atom is 0.186 e. The maximum atomic E-state index is 9.77. The van der Waals surface area contributed by atoms with Crippen molar-refractivity contribution in [2.45, 2.75) is 69.9 Å². The first kappa shape index (κ1) is 18.8. The van der Waals surface area contributed by atoms with Gasteiger partial charge in [0.05, 0.1) is 19.3 Å². The Morgan fingerprint density at radius 3 is 2.24 bits per heavy atom. The zero-order valence-corrected chi connectivity index (χ0v) is 12.6. The van der Waals surface area contributed by atoms with Crippen LogP contribution >= 0.6 is 0 Å². The van der Waals surface area contributed by atoms with Crippen LogP contribution in [-0.4, -0.2) is 75.6 Å². The van der Waals surface area contributed by atoms with Crippen LogP contribution in [0.1, 0.15) is 33.1 Å². The average molecular weight is 308 g/mol. The van der Waals surface area contributed by atoms with Crippen LogP contribution < -0.4 is 0 Å². The fourth-order valence-corrected chi connectivity index (χ4v) is 2.20. The van der Waals surface area contributed by atoms with E-state index in [1.165, 1.54) is 0 Å². The Kier molecular flexibility index (Phi) is 8.04. The fraction of sp³-hybridized carbons (Fsp3) is 1.00. The van der Waals surface area contributed by atoms with Crippen molar-refractivity contribution in [1.29, 1.82) is 0 Å². The van der Waals surface area contributed by atoms with Crippen LogP contribution in [0.15, 0.2) is 0 Å². The van der Waals surface area contributed by atoms with Gasteiger partial charge in [0.15, 0.2) is 6.29 Å². The van der Waals surface area contributed by atoms with Gasteiger partial charge in [-0.2, -0.15) is 0 Å². The van der Waals surface area contributed by atoms with E-state index in [2.05, 4.69) is 13.8 Å². The molecular formula is C14H28O7. The Bertz CT molecular complexity index is 284. The first-order chi connectivity index (χ1) is 9.86. The first-order valence-corrected chi connectivity index (χ1v) is 7.47. The van der Waals surface area contributed by atoms with Crippen molar-refractivity contribution in [2.24, 2.45) is 5.92 Å². The van der Waals surface area contributed by atoms with E-state index in [0.717, 1.165) is 6.42 Å². The van der Waals surface area contributed by atoms with Crippen molar-refractivity contribution in [3.63, 3.8) is 0 Å². The summed E-state index contributed by atoms with van der Waals surface area (Å²) < 4.78 is 10.5. The normalized spacial score (nSPS) is 35.1. The number of ether oxygens (including phenoxy) is 2. The Balaban J connectivity index is 2.33. The lowest BCUT2D eigenvalue weighted by Gasteiger charge is -2.39. The minimum atomic E-state index is -1.44. The Labute approximate surface area is 125 Å². The first-order valence-electron chi connectivity index (χ1n) is 7.47. The fourth-order valence-electron chi connectivity index (χ4n) is 2.20. The molecule has 6 atom stereocenters. The van der Waals surface area contributed by atoms with Gasteiger partial charge in [-0.05, 0) is 25.2 Å². The highest BCUT2D eigenvalue weighted by Crippen LogP contribution is 2.22. The summed E-state index contributed by atoms with van der Waals surface area (Å²) >= 11 is 0. The molecule has 0 radical (unpaired) electrons. The SMILES string of the molecule is CC(C)CCC(O)CCO[C@@H]1O[C@H](CO)[C@@H](O)[C@H](O)[C@H]1O. The smallest absolute Gasteiger partial charge is 0.186 e. The molecule has 1 aliphatic rings. The van der Waals surface area contributed by atoms with Gasteiger partial charge in [-0.1, -0.05) is 13.8 Å². The zero-order valence-electron chi connectivity index (χ0n) is 12.6. The third kappa shape index (κ3) is 5.78. The molecule has 0 aromatic heterocycles. The van der Waals surface area contributed by atoms with Crippen molar-refractivity contribution in [3.05, 3.63) is 0 Å². The summed E-state index contributed by atoms with van der Waals surface area (Å²) in [5.41, 5.74) is 0. The molecule has 0 saturated carbocycles. The molecule has 1 heterocycles. The lowest BCUT2D eigenvalue weighted by Crippen LogP contribution is -2.59. The maximum absolute atomic E-state index is 9.77. The van der Waals surface area contributed by atoms with Crippen molar-refractivity contribution >= 4 is 0 Å². The lowest BCUT2D eigenvalue weighted by atomic mass is 9.99. The Morgan fingerprint density at radius 1 is 1.00 bits per heavy atom. The molecule has 1 rings (SSSR count). The van der Waals surface area contributed by atoms with E-state index in [0.29, 0.717) is 18.8 Å². The lowest BCUT2D eigenvalue weighted by molar-refractivity contribution is -0.301. The summed E-state index contributed by atoms with van der Waals surface area (Å²) in [4.78, 5) is 0. The van der Waals surface area contributed by atoms with E-state index in [1.54, 1.807) is 0 Å². The van der Waals surface area contributed by atoms with Crippen LogP contribution in [0.4, 0.5) is 0 Å². The molecule has 0 bridgehead atoms. The third-order valence-corrected chi connectivity index (χ3v) is 3.66. The molecule has 126 valence electrons. The van der Waals surface area contributed by atoms with Gasteiger partial charge in [0.1, 0.15) is 24.4 Å². The predicted octanol–water partition coefficient (Wildman–Crippen LogP) is -1.01. The Hall–Kier alpha value is -0.280. The van der Waals surface area contributed by atoms with Gasteiger partial charge in [0, 0.05) is 0 Å². The van der Waals surface area contributed by atoms with Gasteiger partial charge in [-0.15, -0.1) is 0 Å². The van der Waals surface area contributed by atoms with Gasteiger partial charge < -0.3 is 35.0 Å². The number of aliphatic hydroxyl groups excluding tert-OH is 5. The molecule has 7 nitrogen and oxygen atoms in total. The van der Waals surface area contributed by atoms with Crippen LogP contribution in [-0.2, 0) is 9.47 Å². The second-order valence-corrected chi connectivity index (χ2v) is 5.98. The van der Waals surface area contributed by atoms with Gasteiger partial charge >= 0.3 is 0 Å². The van der Waals surface area contributed by atoms with E-state index in [9.17, 15) is 20.4 Å². The molecule has 0 aromatic rings. The molecule has 0 aliphatic carbocycles. The van der Waals surface area contributed by atoms with Crippen LogP contribution in [0, 0.1) is 5.92 Å². The van der Waals surface area contributed by atoms with Gasteiger partial charge in [0.25, 0.3) is 0 Å². The van der Waals surface area contributed by atoms with Gasteiger partial charge in [-0.3, -0.25) is 0 Å². The molecular weight excluding hydrogens is 280 g/mol.